The Kier molecular flexibility index (Phi) is 3.07. The van der Waals surface area contributed by atoms with Crippen LogP contribution in [0.3, 0.4) is 0 Å². The molecule has 0 fully saturated rings. The fraction of sp³-hybridized carbons (Fsp3) is 0.429. The van der Waals surface area contributed by atoms with E-state index in [2.05, 4.69) is 33.0 Å². The quantitative estimate of drug-likeness (QED) is 0.816. The summed E-state index contributed by atoms with van der Waals surface area (Å²) in [5, 5.41) is 6.62. The molecule has 0 spiro atoms. The molecule has 0 atom stereocenters. The van der Waals surface area contributed by atoms with E-state index in [0.717, 1.165) is 10.2 Å². The van der Waals surface area contributed by atoms with Crippen LogP contribution in [0.1, 0.15) is 17.4 Å². The minimum absolute atomic E-state index is 0.139. The first-order valence-corrected chi connectivity index (χ1v) is 4.72. The maximum atomic E-state index is 11.1. The zero-order valence-electron chi connectivity index (χ0n) is 6.97. The highest BCUT2D eigenvalue weighted by molar-refractivity contribution is 14.1. The van der Waals surface area contributed by atoms with E-state index in [1.807, 2.05) is 6.92 Å². The first-order chi connectivity index (χ1) is 5.69. The predicted octanol–water partition coefficient (Wildman–Crippen LogP) is 0.867. The van der Waals surface area contributed by atoms with Crippen LogP contribution in [-0.2, 0) is 6.54 Å². The molecule has 0 bridgehead atoms. The predicted molar refractivity (Wildman–Crippen MR) is 54.0 cm³/mol. The third kappa shape index (κ3) is 1.77. The molecule has 1 aromatic rings. The van der Waals surface area contributed by atoms with Crippen LogP contribution in [0.15, 0.2) is 6.07 Å². The number of aromatic nitrogens is 2. The fourth-order valence-electron chi connectivity index (χ4n) is 0.855. The highest BCUT2D eigenvalue weighted by atomic mass is 127. The topological polar surface area (TPSA) is 46.9 Å². The average Bonchev–Trinajstić information content (AvgIpc) is 2.45. The number of nitrogens with one attached hydrogen (secondary N) is 1. The van der Waals surface area contributed by atoms with Gasteiger partial charge in [-0.2, -0.15) is 5.10 Å². The van der Waals surface area contributed by atoms with E-state index < -0.39 is 0 Å². The van der Waals surface area contributed by atoms with Gasteiger partial charge in [-0.05, 0) is 29.5 Å². The van der Waals surface area contributed by atoms with Crippen LogP contribution in [0.2, 0.25) is 0 Å². The number of aryl methyl sites for hydroxylation is 1. The molecule has 5 heteroatoms. The summed E-state index contributed by atoms with van der Waals surface area (Å²) >= 11 is 2.15. The number of halogens is 1. The van der Waals surface area contributed by atoms with Gasteiger partial charge in [0.1, 0.15) is 0 Å². The first-order valence-electron chi connectivity index (χ1n) is 3.64. The van der Waals surface area contributed by atoms with Gasteiger partial charge in [-0.3, -0.25) is 9.48 Å². The Balaban J connectivity index is 2.96. The molecular weight excluding hydrogens is 269 g/mol. The average molecular weight is 279 g/mol. The Morgan fingerprint density at radius 1 is 1.83 bits per heavy atom. The fourth-order valence-corrected chi connectivity index (χ4v) is 1.60. The SMILES string of the molecule is CCn1nc(C(=O)NC)cc1I. The van der Waals surface area contributed by atoms with E-state index in [0.29, 0.717) is 5.69 Å². The number of rotatable bonds is 2. The number of carbonyl (C=O) groups is 1. The van der Waals surface area contributed by atoms with Crippen LogP contribution in [0.4, 0.5) is 0 Å². The molecule has 1 aromatic heterocycles. The Bertz CT molecular complexity index is 295. The molecule has 66 valence electrons. The standard InChI is InChI=1S/C7H10IN3O/c1-3-11-6(8)4-5(10-11)7(12)9-2/h4H,3H2,1-2H3,(H,9,12). The van der Waals surface area contributed by atoms with Gasteiger partial charge >= 0.3 is 0 Å². The molecule has 12 heavy (non-hydrogen) atoms. The summed E-state index contributed by atoms with van der Waals surface area (Å²) in [5.41, 5.74) is 0.476. The Morgan fingerprint density at radius 3 is 2.92 bits per heavy atom. The van der Waals surface area contributed by atoms with Crippen LogP contribution in [0.25, 0.3) is 0 Å². The van der Waals surface area contributed by atoms with Gasteiger partial charge in [-0.15, -0.1) is 0 Å². The maximum absolute atomic E-state index is 11.1. The van der Waals surface area contributed by atoms with Crippen molar-refractivity contribution in [2.24, 2.45) is 0 Å². The lowest BCUT2D eigenvalue weighted by Gasteiger charge is -1.95. The lowest BCUT2D eigenvalue weighted by molar-refractivity contribution is 0.0957. The van der Waals surface area contributed by atoms with E-state index in [1.165, 1.54) is 0 Å². The smallest absolute Gasteiger partial charge is 0.271 e. The van der Waals surface area contributed by atoms with Crippen molar-refractivity contribution >= 4 is 28.5 Å². The molecule has 1 heterocycles. The minimum Gasteiger partial charge on any atom is -0.354 e. The third-order valence-electron chi connectivity index (χ3n) is 1.49. The maximum Gasteiger partial charge on any atom is 0.271 e. The molecule has 0 aliphatic heterocycles. The van der Waals surface area contributed by atoms with Crippen molar-refractivity contribution < 1.29 is 4.79 Å². The second kappa shape index (κ2) is 3.88. The third-order valence-corrected chi connectivity index (χ3v) is 2.36. The van der Waals surface area contributed by atoms with Crippen molar-refractivity contribution in [3.05, 3.63) is 15.5 Å². The summed E-state index contributed by atoms with van der Waals surface area (Å²) in [6.45, 7) is 2.78. The van der Waals surface area contributed by atoms with Crippen molar-refractivity contribution in [3.63, 3.8) is 0 Å². The lowest BCUT2D eigenvalue weighted by atomic mass is 10.4. The van der Waals surface area contributed by atoms with Gasteiger partial charge in [0.05, 0.1) is 3.70 Å². The van der Waals surface area contributed by atoms with Crippen LogP contribution in [-0.4, -0.2) is 22.7 Å². The van der Waals surface area contributed by atoms with Crippen molar-refractivity contribution in [2.45, 2.75) is 13.5 Å². The number of carbonyl (C=O) groups excluding carboxylic acids is 1. The van der Waals surface area contributed by atoms with Gasteiger partial charge in [0.15, 0.2) is 5.69 Å². The van der Waals surface area contributed by atoms with Gasteiger partial charge in [-0.25, -0.2) is 0 Å². The van der Waals surface area contributed by atoms with E-state index in [9.17, 15) is 4.79 Å². The monoisotopic (exact) mass is 279 g/mol. The summed E-state index contributed by atoms with van der Waals surface area (Å²) < 4.78 is 2.76. The molecule has 4 nitrogen and oxygen atoms in total. The van der Waals surface area contributed by atoms with Crippen LogP contribution >= 0.6 is 22.6 Å². The van der Waals surface area contributed by atoms with Gasteiger partial charge in [0.25, 0.3) is 5.91 Å². The summed E-state index contributed by atoms with van der Waals surface area (Å²) in [4.78, 5) is 11.1. The Morgan fingerprint density at radius 2 is 2.50 bits per heavy atom. The van der Waals surface area contributed by atoms with Gasteiger partial charge in [0.2, 0.25) is 0 Å². The lowest BCUT2D eigenvalue weighted by Crippen LogP contribution is -2.18. The summed E-state index contributed by atoms with van der Waals surface area (Å²) in [6, 6.07) is 1.77. The molecule has 0 saturated carbocycles. The molecule has 1 amide bonds. The van der Waals surface area contributed by atoms with Gasteiger partial charge in [0, 0.05) is 19.7 Å². The molecular formula is C7H10IN3O. The highest BCUT2D eigenvalue weighted by Crippen LogP contribution is 2.07. The first kappa shape index (κ1) is 9.50. The van der Waals surface area contributed by atoms with Crippen molar-refractivity contribution in [2.75, 3.05) is 7.05 Å². The van der Waals surface area contributed by atoms with Gasteiger partial charge < -0.3 is 5.32 Å². The molecule has 0 aliphatic carbocycles. The van der Waals surface area contributed by atoms with E-state index in [-0.39, 0.29) is 5.91 Å². The second-order valence-corrected chi connectivity index (χ2v) is 3.35. The number of hydrogen-bond donors (Lipinski definition) is 1. The van der Waals surface area contributed by atoms with Gasteiger partial charge in [-0.1, -0.05) is 0 Å². The van der Waals surface area contributed by atoms with Crippen LogP contribution in [0.5, 0.6) is 0 Å². The normalized spacial score (nSPS) is 9.92. The van der Waals surface area contributed by atoms with Crippen molar-refractivity contribution in [1.82, 2.24) is 15.1 Å². The molecule has 0 unspecified atom stereocenters. The minimum atomic E-state index is -0.139. The number of hydrogen-bond acceptors (Lipinski definition) is 2. The summed E-state index contributed by atoms with van der Waals surface area (Å²) in [6.07, 6.45) is 0. The Hall–Kier alpha value is -0.590. The van der Waals surface area contributed by atoms with E-state index >= 15 is 0 Å². The molecule has 0 aliphatic rings. The summed E-state index contributed by atoms with van der Waals surface area (Å²) in [7, 11) is 1.60. The zero-order chi connectivity index (χ0) is 9.14. The number of amides is 1. The van der Waals surface area contributed by atoms with Crippen LogP contribution in [0, 0.1) is 3.70 Å². The second-order valence-electron chi connectivity index (χ2n) is 2.25. The zero-order valence-corrected chi connectivity index (χ0v) is 9.12. The van der Waals surface area contributed by atoms with E-state index in [4.69, 9.17) is 0 Å². The Labute approximate surface area is 84.5 Å². The molecule has 0 aromatic carbocycles. The largest absolute Gasteiger partial charge is 0.354 e. The van der Waals surface area contributed by atoms with Crippen molar-refractivity contribution in [3.8, 4) is 0 Å². The van der Waals surface area contributed by atoms with E-state index in [1.54, 1.807) is 17.8 Å². The molecule has 0 saturated heterocycles. The molecule has 1 N–H and O–H groups in total. The van der Waals surface area contributed by atoms with Crippen LogP contribution < -0.4 is 5.32 Å². The number of nitrogens with zero attached hydrogens (tertiary/aromatic N) is 2. The highest BCUT2D eigenvalue weighted by Gasteiger charge is 2.09. The molecule has 1 rings (SSSR count). The molecule has 0 radical (unpaired) electrons. The van der Waals surface area contributed by atoms with Crippen molar-refractivity contribution in [1.29, 1.82) is 0 Å². The summed E-state index contributed by atoms with van der Waals surface area (Å²) in [5.74, 6) is -0.139.